The lowest BCUT2D eigenvalue weighted by Crippen LogP contribution is -2.30. The molecule has 1 aliphatic rings. The first-order valence-corrected chi connectivity index (χ1v) is 11.7. The molecule has 1 saturated heterocycles. The van der Waals surface area contributed by atoms with E-state index in [9.17, 15) is 9.59 Å². The van der Waals surface area contributed by atoms with Crippen molar-refractivity contribution in [3.8, 4) is 0 Å². The van der Waals surface area contributed by atoms with Crippen LogP contribution in [0.25, 0.3) is 17.0 Å². The van der Waals surface area contributed by atoms with Gasteiger partial charge in [0.15, 0.2) is 5.17 Å². The highest BCUT2D eigenvalue weighted by molar-refractivity contribution is 8.18. The van der Waals surface area contributed by atoms with Crippen molar-refractivity contribution in [1.82, 2.24) is 19.7 Å². The third-order valence-corrected chi connectivity index (χ3v) is 6.71. The lowest BCUT2D eigenvalue weighted by atomic mass is 10.2. The number of hydrogen-bond donors (Lipinski definition) is 1. The summed E-state index contributed by atoms with van der Waals surface area (Å²) in [5.74, 6) is 0.360. The Bertz CT molecular complexity index is 1580. The molecule has 0 spiro atoms. The molecule has 2 aromatic carbocycles. The summed E-state index contributed by atoms with van der Waals surface area (Å²) in [4.78, 5) is 35.5. The van der Waals surface area contributed by atoms with Crippen molar-refractivity contribution in [2.45, 2.75) is 20.8 Å². The number of aliphatic imine (C=N–C) groups is 1. The predicted molar refractivity (Wildman–Crippen MR) is 138 cm³/mol. The molecule has 9 heteroatoms. The maximum Gasteiger partial charge on any atom is 0.280 e. The molecule has 0 atom stereocenters. The van der Waals surface area contributed by atoms with Crippen LogP contribution in [0.3, 0.4) is 0 Å². The first kappa shape index (κ1) is 22.2. The van der Waals surface area contributed by atoms with E-state index in [1.807, 2.05) is 55.8 Å². The number of aryl methyl sites for hydroxylation is 2. The number of carbonyl (C=O) groups is 1. The molecular weight excluding hydrogens is 470 g/mol. The molecule has 1 fully saturated rings. The normalized spacial score (nSPS) is 16.1. The molecule has 0 radical (unpaired) electrons. The van der Waals surface area contributed by atoms with E-state index in [2.05, 4.69) is 15.3 Å². The van der Waals surface area contributed by atoms with Gasteiger partial charge in [0.25, 0.3) is 11.5 Å². The van der Waals surface area contributed by atoms with Crippen LogP contribution in [0.1, 0.15) is 22.8 Å². The monoisotopic (exact) mass is 489 g/mol. The van der Waals surface area contributed by atoms with E-state index in [4.69, 9.17) is 11.6 Å². The standard InChI is InChI=1S/C25H20ClN5O2S/c1-14-12-17(13-22-23(32)29-25(34-22)28-19-10-8-18(26)9-11-19)15(2)30(14)31-16(3)27-21-7-5-4-6-20(21)24(31)33/h4-13H,1-3H3,(H,28,29,32). The zero-order chi connectivity index (χ0) is 24.0. The second-order valence-corrected chi connectivity index (χ2v) is 9.36. The van der Waals surface area contributed by atoms with Gasteiger partial charge in [0.2, 0.25) is 0 Å². The van der Waals surface area contributed by atoms with Gasteiger partial charge in [0.05, 0.1) is 21.5 Å². The van der Waals surface area contributed by atoms with Crippen LogP contribution in [-0.4, -0.2) is 25.4 Å². The molecule has 4 aromatic rings. The number of hydrogen-bond acceptors (Lipinski definition) is 5. The Morgan fingerprint density at radius 1 is 1.03 bits per heavy atom. The molecule has 0 unspecified atom stereocenters. The highest BCUT2D eigenvalue weighted by atomic mass is 35.5. The number of thioether (sulfide) groups is 1. The minimum atomic E-state index is -0.219. The Morgan fingerprint density at radius 3 is 2.53 bits per heavy atom. The van der Waals surface area contributed by atoms with E-state index in [-0.39, 0.29) is 11.5 Å². The third-order valence-electron chi connectivity index (χ3n) is 5.54. The van der Waals surface area contributed by atoms with Crippen molar-refractivity contribution in [3.05, 3.63) is 97.7 Å². The summed E-state index contributed by atoms with van der Waals surface area (Å²) >= 11 is 7.19. The van der Waals surface area contributed by atoms with Crippen molar-refractivity contribution in [1.29, 1.82) is 0 Å². The largest absolute Gasteiger partial charge is 0.300 e. The zero-order valence-corrected chi connectivity index (χ0v) is 20.2. The number of nitrogens with one attached hydrogen (secondary N) is 1. The molecular formula is C25H20ClN5O2S. The van der Waals surface area contributed by atoms with Gasteiger partial charge < -0.3 is 5.32 Å². The van der Waals surface area contributed by atoms with Gasteiger partial charge in [-0.3, -0.25) is 14.3 Å². The second kappa shape index (κ2) is 8.62. The molecule has 1 amide bonds. The Labute approximate surface area is 204 Å². The van der Waals surface area contributed by atoms with Crippen LogP contribution in [-0.2, 0) is 4.79 Å². The number of amidine groups is 1. The van der Waals surface area contributed by atoms with E-state index < -0.39 is 0 Å². The SMILES string of the molecule is Cc1cc(C=C2SC(=Nc3ccc(Cl)cc3)NC2=O)c(C)n1-n1c(C)nc2ccccc2c1=O. The van der Waals surface area contributed by atoms with Gasteiger partial charge in [-0.15, -0.1) is 0 Å². The zero-order valence-electron chi connectivity index (χ0n) is 18.7. The molecule has 5 rings (SSSR count). The molecule has 1 N–H and O–H groups in total. The summed E-state index contributed by atoms with van der Waals surface area (Å²) in [6, 6.07) is 16.3. The van der Waals surface area contributed by atoms with Gasteiger partial charge >= 0.3 is 0 Å². The average Bonchev–Trinajstić information content (AvgIpc) is 3.28. The number of halogens is 1. The van der Waals surface area contributed by atoms with Crippen molar-refractivity contribution < 1.29 is 4.79 Å². The molecule has 0 saturated carbocycles. The minimum Gasteiger partial charge on any atom is -0.300 e. The fraction of sp³-hybridized carbons (Fsp3) is 0.120. The van der Waals surface area contributed by atoms with E-state index >= 15 is 0 Å². The smallest absolute Gasteiger partial charge is 0.280 e. The number of nitrogens with zero attached hydrogens (tertiary/aromatic N) is 4. The fourth-order valence-corrected chi connectivity index (χ4v) is 4.91. The molecule has 0 aliphatic carbocycles. The van der Waals surface area contributed by atoms with Crippen LogP contribution < -0.4 is 10.9 Å². The topological polar surface area (TPSA) is 81.3 Å². The maximum atomic E-state index is 13.3. The van der Waals surface area contributed by atoms with Crippen LogP contribution in [0.2, 0.25) is 5.02 Å². The molecule has 3 heterocycles. The number of amides is 1. The first-order chi connectivity index (χ1) is 16.3. The highest BCUT2D eigenvalue weighted by Crippen LogP contribution is 2.30. The lowest BCUT2D eigenvalue weighted by Gasteiger charge is -2.16. The van der Waals surface area contributed by atoms with Crippen LogP contribution >= 0.6 is 23.4 Å². The lowest BCUT2D eigenvalue weighted by molar-refractivity contribution is -0.115. The molecule has 2 aromatic heterocycles. The van der Waals surface area contributed by atoms with Crippen molar-refractivity contribution >= 4 is 57.1 Å². The summed E-state index contributed by atoms with van der Waals surface area (Å²) in [6.07, 6.45) is 1.82. The number of rotatable bonds is 3. The summed E-state index contributed by atoms with van der Waals surface area (Å²) in [5, 5.41) is 4.47. The summed E-state index contributed by atoms with van der Waals surface area (Å²) < 4.78 is 3.41. The number of benzene rings is 2. The molecule has 0 bridgehead atoms. The Morgan fingerprint density at radius 2 is 1.76 bits per heavy atom. The quantitative estimate of drug-likeness (QED) is 0.411. The van der Waals surface area contributed by atoms with E-state index in [1.165, 1.54) is 11.8 Å². The van der Waals surface area contributed by atoms with Gasteiger partial charge in [-0.25, -0.2) is 9.98 Å². The van der Waals surface area contributed by atoms with E-state index in [0.29, 0.717) is 37.5 Å². The molecule has 1 aliphatic heterocycles. The van der Waals surface area contributed by atoms with Crippen LogP contribution in [0.5, 0.6) is 0 Å². The Balaban J connectivity index is 1.53. The molecule has 7 nitrogen and oxygen atoms in total. The number of para-hydroxylation sites is 1. The van der Waals surface area contributed by atoms with Crippen molar-refractivity contribution in [2.24, 2.45) is 4.99 Å². The number of aromatic nitrogens is 3. The van der Waals surface area contributed by atoms with Crippen LogP contribution in [0.15, 0.2) is 69.3 Å². The summed E-state index contributed by atoms with van der Waals surface area (Å²) in [7, 11) is 0. The van der Waals surface area contributed by atoms with Gasteiger partial charge in [-0.05, 0) is 86.6 Å². The first-order valence-electron chi connectivity index (χ1n) is 10.5. The van der Waals surface area contributed by atoms with Crippen LogP contribution in [0, 0.1) is 20.8 Å². The van der Waals surface area contributed by atoms with Gasteiger partial charge in [0.1, 0.15) is 5.82 Å². The highest BCUT2D eigenvalue weighted by Gasteiger charge is 2.25. The minimum absolute atomic E-state index is 0.144. The van der Waals surface area contributed by atoms with Crippen molar-refractivity contribution in [2.75, 3.05) is 0 Å². The van der Waals surface area contributed by atoms with Crippen molar-refractivity contribution in [3.63, 3.8) is 0 Å². The van der Waals surface area contributed by atoms with Gasteiger partial charge in [-0.2, -0.15) is 4.68 Å². The van der Waals surface area contributed by atoms with E-state index in [1.54, 1.807) is 35.0 Å². The van der Waals surface area contributed by atoms with Gasteiger partial charge in [-0.1, -0.05) is 23.7 Å². The second-order valence-electron chi connectivity index (χ2n) is 7.89. The Hall–Kier alpha value is -3.62. The van der Waals surface area contributed by atoms with E-state index in [0.717, 1.165) is 17.0 Å². The molecule has 170 valence electrons. The third kappa shape index (κ3) is 3.95. The Kier molecular flexibility index (Phi) is 5.63. The summed E-state index contributed by atoms with van der Waals surface area (Å²) in [5.41, 5.74) is 3.73. The summed E-state index contributed by atoms with van der Waals surface area (Å²) in [6.45, 7) is 5.65. The number of fused-ring (bicyclic) bond motifs is 1. The molecule has 34 heavy (non-hydrogen) atoms. The predicted octanol–water partition coefficient (Wildman–Crippen LogP) is 4.98. The van der Waals surface area contributed by atoms with Crippen LogP contribution in [0.4, 0.5) is 5.69 Å². The number of carbonyl (C=O) groups excluding carboxylic acids is 1. The average molecular weight is 490 g/mol. The maximum absolute atomic E-state index is 13.3. The fourth-order valence-electron chi connectivity index (χ4n) is 3.96. The van der Waals surface area contributed by atoms with Gasteiger partial charge in [0, 0.05) is 16.4 Å².